The summed E-state index contributed by atoms with van der Waals surface area (Å²) in [5, 5.41) is 5.08. The number of benzene rings is 2. The second kappa shape index (κ2) is 4.52. The number of ether oxygens (including phenoxy) is 1. The second-order valence-electron chi connectivity index (χ2n) is 4.83. The molecule has 0 unspecified atom stereocenters. The van der Waals surface area contributed by atoms with E-state index < -0.39 is 6.09 Å². The molecule has 102 valence electrons. The minimum atomic E-state index is -0.451. The van der Waals surface area contributed by atoms with E-state index in [0.29, 0.717) is 5.75 Å². The largest absolute Gasteiger partial charge is 0.438 e. The number of aromatic nitrogens is 2. The first-order chi connectivity index (χ1) is 10.3. The zero-order valence-electron chi connectivity index (χ0n) is 11.1. The lowest BCUT2D eigenvalue weighted by atomic mass is 10.2. The molecule has 2 aliphatic rings. The first-order valence-electron chi connectivity index (χ1n) is 6.68. The number of hydrogen-bond donors (Lipinski definition) is 1. The summed E-state index contributed by atoms with van der Waals surface area (Å²) < 4.78 is 6.81. The quantitative estimate of drug-likeness (QED) is 0.568. The number of rotatable bonds is 1. The molecule has 0 saturated carbocycles. The van der Waals surface area contributed by atoms with Gasteiger partial charge >= 0.3 is 6.09 Å². The Labute approximate surface area is 120 Å². The lowest BCUT2D eigenvalue weighted by Gasteiger charge is -2.06. The number of nitrogens with zero attached hydrogens (tertiary/aromatic N) is 1. The van der Waals surface area contributed by atoms with Crippen LogP contribution in [-0.4, -0.2) is 15.9 Å². The van der Waals surface area contributed by atoms with E-state index in [-0.39, 0.29) is 0 Å². The van der Waals surface area contributed by atoms with Gasteiger partial charge in [0, 0.05) is 17.1 Å². The summed E-state index contributed by atoms with van der Waals surface area (Å²) in [5.41, 5.74) is 1.83. The van der Waals surface area contributed by atoms with Gasteiger partial charge in [-0.15, -0.1) is 0 Å². The topological polar surface area (TPSA) is 47.0 Å². The fraction of sp³-hybridized carbons (Fsp3) is 0. The third-order valence-electron chi connectivity index (χ3n) is 3.50. The van der Waals surface area contributed by atoms with Gasteiger partial charge in [-0.2, -0.15) is 4.68 Å². The van der Waals surface area contributed by atoms with Crippen LogP contribution in [0.4, 0.5) is 4.79 Å². The number of para-hydroxylation sites is 1. The van der Waals surface area contributed by atoms with E-state index >= 15 is 0 Å². The van der Waals surface area contributed by atoms with Crippen molar-refractivity contribution in [3.63, 3.8) is 0 Å². The van der Waals surface area contributed by atoms with E-state index in [0.717, 1.165) is 22.0 Å². The van der Waals surface area contributed by atoms with E-state index in [9.17, 15) is 4.79 Å². The Morgan fingerprint density at radius 1 is 1.00 bits per heavy atom. The van der Waals surface area contributed by atoms with Gasteiger partial charge in [0.1, 0.15) is 5.75 Å². The van der Waals surface area contributed by atoms with Crippen molar-refractivity contribution in [2.45, 2.75) is 0 Å². The molecule has 1 N–H and O–H groups in total. The number of aromatic amines is 1. The summed E-state index contributed by atoms with van der Waals surface area (Å²) in [7, 11) is 0. The highest BCUT2D eigenvalue weighted by Gasteiger charge is 2.20. The van der Waals surface area contributed by atoms with E-state index in [1.165, 1.54) is 4.68 Å². The summed E-state index contributed by atoms with van der Waals surface area (Å²) in [6.07, 6.45) is 1.36. The van der Waals surface area contributed by atoms with Crippen LogP contribution in [0.25, 0.3) is 22.0 Å². The summed E-state index contributed by atoms with van der Waals surface area (Å²) >= 11 is 0. The van der Waals surface area contributed by atoms with Gasteiger partial charge in [-0.3, -0.25) is 5.10 Å². The molecule has 1 aliphatic carbocycles. The maximum absolute atomic E-state index is 12.3. The van der Waals surface area contributed by atoms with Crippen LogP contribution in [-0.2, 0) is 0 Å². The van der Waals surface area contributed by atoms with Crippen molar-refractivity contribution in [1.29, 1.82) is 0 Å². The molecule has 0 fully saturated rings. The molecule has 0 bridgehead atoms. The number of nitrogens with one attached hydrogen (secondary N) is 1. The number of fused-ring (bicyclic) bond motifs is 3. The molecule has 2 aromatic rings. The monoisotopic (exact) mass is 276 g/mol. The third kappa shape index (κ3) is 1.89. The van der Waals surface area contributed by atoms with Crippen LogP contribution in [0, 0.1) is 0 Å². The summed E-state index contributed by atoms with van der Waals surface area (Å²) in [6, 6.07) is 19.1. The number of carbonyl (C=O) groups is 1. The van der Waals surface area contributed by atoms with E-state index in [1.807, 2.05) is 54.7 Å². The average Bonchev–Trinajstić information content (AvgIpc) is 3.07. The van der Waals surface area contributed by atoms with Crippen LogP contribution in [0.3, 0.4) is 0 Å². The van der Waals surface area contributed by atoms with Gasteiger partial charge in [-0.1, -0.05) is 42.5 Å². The van der Waals surface area contributed by atoms with Crippen molar-refractivity contribution < 1.29 is 9.53 Å². The summed E-state index contributed by atoms with van der Waals surface area (Å²) in [6.45, 7) is 0. The molecule has 0 saturated heterocycles. The van der Waals surface area contributed by atoms with Crippen molar-refractivity contribution in [2.75, 3.05) is 0 Å². The molecular formula is C17H12N2O2. The van der Waals surface area contributed by atoms with E-state index in [4.69, 9.17) is 4.74 Å². The molecule has 0 radical (unpaired) electrons. The Balaban J connectivity index is 1.78. The first kappa shape index (κ1) is 11.8. The van der Waals surface area contributed by atoms with Gasteiger partial charge in [0.15, 0.2) is 0 Å². The molecule has 4 heteroatoms. The van der Waals surface area contributed by atoms with Gasteiger partial charge in [0.2, 0.25) is 0 Å². The van der Waals surface area contributed by atoms with Gasteiger partial charge in [-0.05, 0) is 23.6 Å². The normalized spacial score (nSPS) is 11.0. The summed E-state index contributed by atoms with van der Waals surface area (Å²) in [5.74, 6) is 0.522. The molecule has 4 rings (SSSR count). The molecule has 21 heavy (non-hydrogen) atoms. The van der Waals surface area contributed by atoms with Gasteiger partial charge in [0.25, 0.3) is 0 Å². The minimum absolute atomic E-state index is 0.451. The van der Waals surface area contributed by atoms with Crippen molar-refractivity contribution in [2.24, 2.45) is 0 Å². The minimum Gasteiger partial charge on any atom is -0.409 e. The Kier molecular flexibility index (Phi) is 2.54. The Bertz CT molecular complexity index is 890. The molecule has 0 atom stereocenters. The van der Waals surface area contributed by atoms with Gasteiger partial charge in [-0.25, -0.2) is 4.79 Å². The predicted octanol–water partition coefficient (Wildman–Crippen LogP) is 4.12. The molecule has 2 aromatic carbocycles. The van der Waals surface area contributed by atoms with E-state index in [1.54, 1.807) is 12.1 Å². The molecular weight excluding hydrogens is 264 g/mol. The number of hydrogen-bond acceptors (Lipinski definition) is 2. The standard InChI is InChI=1S/C17H12N2O2/c20-17(21-14-7-2-1-3-8-14)19-16-13(11-18-19)10-12-6-4-5-9-15(12)16/h1-11,18H. The fourth-order valence-corrected chi connectivity index (χ4v) is 2.57. The van der Waals surface area contributed by atoms with Crippen molar-refractivity contribution in [3.05, 3.63) is 66.9 Å². The molecule has 0 amide bonds. The second-order valence-corrected chi connectivity index (χ2v) is 4.83. The third-order valence-corrected chi connectivity index (χ3v) is 3.50. The van der Waals surface area contributed by atoms with Crippen LogP contribution in [0.15, 0.2) is 66.9 Å². The van der Waals surface area contributed by atoms with Crippen molar-refractivity contribution in [1.82, 2.24) is 9.78 Å². The van der Waals surface area contributed by atoms with Gasteiger partial charge < -0.3 is 4.74 Å². The maximum Gasteiger partial charge on any atom is 0.438 e. The van der Waals surface area contributed by atoms with Crippen molar-refractivity contribution >= 4 is 16.9 Å². The molecule has 1 aliphatic heterocycles. The Morgan fingerprint density at radius 2 is 1.76 bits per heavy atom. The molecule has 4 nitrogen and oxygen atoms in total. The smallest absolute Gasteiger partial charge is 0.409 e. The maximum atomic E-state index is 12.3. The molecule has 0 aromatic heterocycles. The fourth-order valence-electron chi connectivity index (χ4n) is 2.57. The average molecular weight is 276 g/mol. The number of carbonyl (C=O) groups excluding carboxylic acids is 1. The zero-order chi connectivity index (χ0) is 14.2. The van der Waals surface area contributed by atoms with Gasteiger partial charge in [0.05, 0.1) is 5.69 Å². The van der Waals surface area contributed by atoms with Crippen LogP contribution in [0.5, 0.6) is 5.75 Å². The van der Waals surface area contributed by atoms with Crippen LogP contribution >= 0.6 is 0 Å². The Morgan fingerprint density at radius 3 is 2.62 bits per heavy atom. The first-order valence-corrected chi connectivity index (χ1v) is 6.68. The van der Waals surface area contributed by atoms with E-state index in [2.05, 4.69) is 5.10 Å². The van der Waals surface area contributed by atoms with Crippen molar-refractivity contribution in [3.8, 4) is 17.0 Å². The zero-order valence-corrected chi connectivity index (χ0v) is 11.1. The number of H-pyrrole nitrogens is 1. The molecule has 0 spiro atoms. The summed E-state index contributed by atoms with van der Waals surface area (Å²) in [4.78, 5) is 12.3. The SMILES string of the molecule is O=C(Oc1ccccc1)n1[nH]cc2cc3ccccc3c1-2. The lowest BCUT2D eigenvalue weighted by Crippen LogP contribution is -2.18. The highest BCUT2D eigenvalue weighted by atomic mass is 16.6. The highest BCUT2D eigenvalue weighted by Crippen LogP contribution is 2.33. The van der Waals surface area contributed by atoms with Crippen LogP contribution < -0.4 is 4.74 Å². The van der Waals surface area contributed by atoms with Crippen LogP contribution in [0.1, 0.15) is 0 Å². The molecule has 1 heterocycles. The highest BCUT2D eigenvalue weighted by molar-refractivity contribution is 6.03. The lowest BCUT2D eigenvalue weighted by molar-refractivity contribution is 0.199. The van der Waals surface area contributed by atoms with Crippen LogP contribution in [0.2, 0.25) is 0 Å². The Hall–Kier alpha value is -3.01. The predicted molar refractivity (Wildman–Crippen MR) is 80.8 cm³/mol.